The first-order chi connectivity index (χ1) is 10.1. The van der Waals surface area contributed by atoms with Crippen molar-refractivity contribution in [1.82, 2.24) is 9.80 Å². The fourth-order valence-corrected chi connectivity index (χ4v) is 2.68. The molecule has 1 amide bonds. The van der Waals surface area contributed by atoms with Gasteiger partial charge in [0.05, 0.1) is 12.6 Å². The third kappa shape index (κ3) is 4.68. The number of amides is 1. The fourth-order valence-electron chi connectivity index (χ4n) is 2.49. The quantitative estimate of drug-likeness (QED) is 0.860. The Morgan fingerprint density at radius 2 is 2.10 bits per heavy atom. The molecule has 1 aromatic rings. The summed E-state index contributed by atoms with van der Waals surface area (Å²) in [6, 6.07) is 6.98. The number of halogens is 1. The molecular formula is C15H22ClN3O2. The van der Waals surface area contributed by atoms with E-state index in [-0.39, 0.29) is 18.6 Å². The Balaban J connectivity index is 1.85. The molecule has 1 aliphatic rings. The average molecular weight is 312 g/mol. The Kier molecular flexibility index (Phi) is 5.99. The number of aliphatic hydroxyl groups is 1. The average Bonchev–Trinajstić information content (AvgIpc) is 2.47. The maximum absolute atomic E-state index is 12.3. The van der Waals surface area contributed by atoms with Gasteiger partial charge in [0.1, 0.15) is 0 Å². The summed E-state index contributed by atoms with van der Waals surface area (Å²) >= 11 is 5.91. The highest BCUT2D eigenvalue weighted by Gasteiger charge is 2.25. The van der Waals surface area contributed by atoms with E-state index >= 15 is 0 Å². The van der Waals surface area contributed by atoms with Crippen LogP contribution in [0.5, 0.6) is 0 Å². The van der Waals surface area contributed by atoms with Crippen LogP contribution >= 0.6 is 11.6 Å². The van der Waals surface area contributed by atoms with Crippen LogP contribution in [0.4, 0.5) is 5.69 Å². The van der Waals surface area contributed by atoms with Gasteiger partial charge in [0, 0.05) is 43.4 Å². The highest BCUT2D eigenvalue weighted by molar-refractivity contribution is 6.30. The first-order valence-electron chi connectivity index (χ1n) is 7.24. The lowest BCUT2D eigenvalue weighted by molar-refractivity contribution is -0.121. The van der Waals surface area contributed by atoms with Crippen molar-refractivity contribution in [2.45, 2.75) is 13.0 Å². The highest BCUT2D eigenvalue weighted by Crippen LogP contribution is 2.16. The van der Waals surface area contributed by atoms with Crippen molar-refractivity contribution in [3.8, 4) is 0 Å². The number of hydrogen-bond acceptors (Lipinski definition) is 4. The van der Waals surface area contributed by atoms with Crippen LogP contribution in [0.3, 0.4) is 0 Å². The third-order valence-corrected chi connectivity index (χ3v) is 4.08. The minimum absolute atomic E-state index is 0.0205. The van der Waals surface area contributed by atoms with Crippen LogP contribution < -0.4 is 5.32 Å². The molecule has 21 heavy (non-hydrogen) atoms. The van der Waals surface area contributed by atoms with Crippen molar-refractivity contribution in [2.75, 3.05) is 44.6 Å². The Hall–Kier alpha value is -1.14. The van der Waals surface area contributed by atoms with Gasteiger partial charge in [0.2, 0.25) is 5.91 Å². The first kappa shape index (κ1) is 16.2. The number of nitrogens with zero attached hydrogens (tertiary/aromatic N) is 2. The first-order valence-corrected chi connectivity index (χ1v) is 7.61. The van der Waals surface area contributed by atoms with E-state index in [1.807, 2.05) is 19.1 Å². The van der Waals surface area contributed by atoms with Crippen molar-refractivity contribution in [3.05, 3.63) is 29.3 Å². The molecule has 0 saturated carbocycles. The summed E-state index contributed by atoms with van der Waals surface area (Å²) in [4.78, 5) is 16.6. The van der Waals surface area contributed by atoms with E-state index in [9.17, 15) is 4.79 Å². The van der Waals surface area contributed by atoms with E-state index in [2.05, 4.69) is 15.1 Å². The van der Waals surface area contributed by atoms with Gasteiger partial charge < -0.3 is 10.4 Å². The smallest absolute Gasteiger partial charge is 0.241 e. The lowest BCUT2D eigenvalue weighted by atomic mass is 10.2. The van der Waals surface area contributed by atoms with Crippen LogP contribution in [0.15, 0.2) is 24.3 Å². The Labute approximate surface area is 130 Å². The second kappa shape index (κ2) is 7.75. The van der Waals surface area contributed by atoms with E-state index in [0.29, 0.717) is 11.6 Å². The van der Waals surface area contributed by atoms with E-state index in [0.717, 1.165) is 31.9 Å². The molecule has 1 unspecified atom stereocenters. The molecule has 0 radical (unpaired) electrons. The van der Waals surface area contributed by atoms with Crippen molar-refractivity contribution in [1.29, 1.82) is 0 Å². The molecule has 0 aromatic heterocycles. The zero-order valence-electron chi connectivity index (χ0n) is 12.3. The van der Waals surface area contributed by atoms with Gasteiger partial charge >= 0.3 is 0 Å². The number of piperazine rings is 1. The largest absolute Gasteiger partial charge is 0.395 e. The molecule has 0 spiro atoms. The van der Waals surface area contributed by atoms with Gasteiger partial charge in [0.15, 0.2) is 0 Å². The second-order valence-electron chi connectivity index (χ2n) is 5.28. The fraction of sp³-hybridized carbons (Fsp3) is 0.533. The number of β-amino-alcohol motifs (C(OH)–C–C–N with tert-alkyl or cyclic N) is 1. The summed E-state index contributed by atoms with van der Waals surface area (Å²) in [7, 11) is 0. The van der Waals surface area contributed by atoms with Gasteiger partial charge in [-0.2, -0.15) is 0 Å². The van der Waals surface area contributed by atoms with Gasteiger partial charge in [-0.1, -0.05) is 17.7 Å². The highest BCUT2D eigenvalue weighted by atomic mass is 35.5. The van der Waals surface area contributed by atoms with Crippen molar-refractivity contribution in [2.24, 2.45) is 0 Å². The number of anilines is 1. The van der Waals surface area contributed by atoms with Gasteiger partial charge in [0.25, 0.3) is 0 Å². The zero-order valence-corrected chi connectivity index (χ0v) is 13.0. The number of carbonyl (C=O) groups excluding carboxylic acids is 1. The molecule has 0 aliphatic carbocycles. The van der Waals surface area contributed by atoms with E-state index in [1.54, 1.807) is 12.1 Å². The van der Waals surface area contributed by atoms with Crippen LogP contribution in [0.2, 0.25) is 5.02 Å². The molecule has 1 fully saturated rings. The molecule has 6 heteroatoms. The van der Waals surface area contributed by atoms with Crippen LogP contribution in [-0.4, -0.2) is 66.2 Å². The Bertz CT molecular complexity index is 476. The van der Waals surface area contributed by atoms with Crippen molar-refractivity contribution >= 4 is 23.2 Å². The maximum Gasteiger partial charge on any atom is 0.241 e. The molecule has 2 rings (SSSR count). The monoisotopic (exact) mass is 311 g/mol. The number of hydrogen-bond donors (Lipinski definition) is 2. The Morgan fingerprint density at radius 1 is 1.38 bits per heavy atom. The molecule has 5 nitrogen and oxygen atoms in total. The molecular weight excluding hydrogens is 290 g/mol. The van der Waals surface area contributed by atoms with E-state index in [1.165, 1.54) is 0 Å². The maximum atomic E-state index is 12.3. The summed E-state index contributed by atoms with van der Waals surface area (Å²) in [6.07, 6.45) is 0. The van der Waals surface area contributed by atoms with Gasteiger partial charge in [-0.3, -0.25) is 14.6 Å². The van der Waals surface area contributed by atoms with Gasteiger partial charge in [-0.25, -0.2) is 0 Å². The topological polar surface area (TPSA) is 55.8 Å². The molecule has 1 atom stereocenters. The van der Waals surface area contributed by atoms with Gasteiger partial charge in [-0.15, -0.1) is 0 Å². The molecule has 1 aromatic carbocycles. The summed E-state index contributed by atoms with van der Waals surface area (Å²) in [5, 5.41) is 12.4. The van der Waals surface area contributed by atoms with Crippen LogP contribution in [-0.2, 0) is 4.79 Å². The molecule has 2 N–H and O–H groups in total. The Morgan fingerprint density at radius 3 is 2.71 bits per heavy atom. The third-order valence-electron chi connectivity index (χ3n) is 3.84. The lowest BCUT2D eigenvalue weighted by Gasteiger charge is -2.37. The number of nitrogens with one attached hydrogen (secondary N) is 1. The standard InChI is InChI=1S/C15H22ClN3O2/c1-12(19-7-5-18(6-8-19)9-10-20)15(21)17-14-4-2-3-13(16)11-14/h2-4,11-12,20H,5-10H2,1H3,(H,17,21). The second-order valence-corrected chi connectivity index (χ2v) is 5.71. The molecule has 1 aliphatic heterocycles. The number of benzene rings is 1. The number of carbonyl (C=O) groups is 1. The predicted octanol–water partition coefficient (Wildman–Crippen LogP) is 1.28. The summed E-state index contributed by atoms with van der Waals surface area (Å²) in [5.41, 5.74) is 0.721. The van der Waals surface area contributed by atoms with Crippen LogP contribution in [0.1, 0.15) is 6.92 Å². The normalized spacial score (nSPS) is 18.4. The van der Waals surface area contributed by atoms with Crippen molar-refractivity contribution < 1.29 is 9.90 Å². The van der Waals surface area contributed by atoms with Crippen LogP contribution in [0, 0.1) is 0 Å². The SMILES string of the molecule is CC(C(=O)Nc1cccc(Cl)c1)N1CCN(CCO)CC1. The molecule has 1 heterocycles. The molecule has 116 valence electrons. The number of aliphatic hydroxyl groups excluding tert-OH is 1. The summed E-state index contributed by atoms with van der Waals surface area (Å²) in [6.45, 7) is 6.25. The summed E-state index contributed by atoms with van der Waals surface area (Å²) < 4.78 is 0. The summed E-state index contributed by atoms with van der Waals surface area (Å²) in [5.74, 6) is -0.0205. The van der Waals surface area contributed by atoms with Gasteiger partial charge in [-0.05, 0) is 25.1 Å². The number of rotatable bonds is 5. The predicted molar refractivity (Wildman–Crippen MR) is 84.6 cm³/mol. The van der Waals surface area contributed by atoms with Crippen LogP contribution in [0.25, 0.3) is 0 Å². The van der Waals surface area contributed by atoms with E-state index in [4.69, 9.17) is 16.7 Å². The molecule has 1 saturated heterocycles. The minimum atomic E-state index is -0.180. The van der Waals surface area contributed by atoms with E-state index < -0.39 is 0 Å². The van der Waals surface area contributed by atoms with Crippen molar-refractivity contribution in [3.63, 3.8) is 0 Å². The lowest BCUT2D eigenvalue weighted by Crippen LogP contribution is -2.53. The minimum Gasteiger partial charge on any atom is -0.395 e. The zero-order chi connectivity index (χ0) is 15.2. The molecule has 0 bridgehead atoms.